The van der Waals surface area contributed by atoms with Gasteiger partial charge in [-0.1, -0.05) is 0 Å². The lowest BCUT2D eigenvalue weighted by Gasteiger charge is -2.02. The van der Waals surface area contributed by atoms with E-state index < -0.39 is 0 Å². The fourth-order valence-corrected chi connectivity index (χ4v) is 2.33. The van der Waals surface area contributed by atoms with Crippen LogP contribution >= 0.6 is 11.3 Å². The normalized spacial score (nSPS) is 11.2. The van der Waals surface area contributed by atoms with Gasteiger partial charge in [0.05, 0.1) is 0 Å². The number of nitrogens with zero attached hydrogens (tertiary/aromatic N) is 5. The molecule has 17 heavy (non-hydrogen) atoms. The van der Waals surface area contributed by atoms with Gasteiger partial charge in [0.2, 0.25) is 0 Å². The first-order chi connectivity index (χ1) is 8.15. The predicted octanol–water partition coefficient (Wildman–Crippen LogP) is 1.45. The van der Waals surface area contributed by atoms with Crippen LogP contribution in [0.15, 0.2) is 11.4 Å². The maximum Gasteiger partial charge on any atom is 0.255 e. The molecule has 0 aliphatic rings. The van der Waals surface area contributed by atoms with Crippen LogP contribution in [0.2, 0.25) is 0 Å². The zero-order chi connectivity index (χ0) is 12.0. The Kier molecular flexibility index (Phi) is 2.08. The number of fused-ring (bicyclic) bond motifs is 1. The van der Waals surface area contributed by atoms with Gasteiger partial charge in [0.15, 0.2) is 11.0 Å². The first kappa shape index (κ1) is 10.2. The van der Waals surface area contributed by atoms with Crippen molar-refractivity contribution >= 4 is 22.2 Å². The molecular formula is C10H10N6S. The molecule has 2 N–H and O–H groups in total. The Morgan fingerprint density at radius 2 is 2.06 bits per heavy atom. The minimum atomic E-state index is 0.523. The van der Waals surface area contributed by atoms with Gasteiger partial charge in [-0.2, -0.15) is 0 Å². The van der Waals surface area contributed by atoms with Crippen LogP contribution in [0.25, 0.3) is 17.3 Å². The maximum absolute atomic E-state index is 5.63. The van der Waals surface area contributed by atoms with E-state index in [1.54, 1.807) is 0 Å². The highest BCUT2D eigenvalue weighted by molar-refractivity contribution is 7.13. The topological polar surface area (TPSA) is 82.0 Å². The molecule has 0 spiro atoms. The number of hydrogen-bond donors (Lipinski definition) is 1. The standard InChI is InChI=1S/C10H10N6S/c1-5-3-6(2)16-8(14-15-10(16)12-5)7-4-17-9(11)13-7/h3-4H,1-2H3,(H2,11,13). The van der Waals surface area contributed by atoms with E-state index in [0.29, 0.717) is 16.7 Å². The number of hydrogen-bond acceptors (Lipinski definition) is 6. The molecule has 3 aromatic heterocycles. The fraction of sp³-hybridized carbons (Fsp3) is 0.200. The number of rotatable bonds is 1. The zero-order valence-corrected chi connectivity index (χ0v) is 10.2. The average Bonchev–Trinajstić information content (AvgIpc) is 2.83. The van der Waals surface area contributed by atoms with Crippen LogP contribution in [0.3, 0.4) is 0 Å². The Hall–Kier alpha value is -2.02. The molecule has 0 saturated carbocycles. The van der Waals surface area contributed by atoms with Gasteiger partial charge in [-0.05, 0) is 19.9 Å². The highest BCUT2D eigenvalue weighted by Gasteiger charge is 2.13. The van der Waals surface area contributed by atoms with Gasteiger partial charge in [-0.25, -0.2) is 9.97 Å². The van der Waals surface area contributed by atoms with Crippen LogP contribution < -0.4 is 5.73 Å². The average molecular weight is 246 g/mol. The molecule has 3 aromatic rings. The molecule has 0 aliphatic carbocycles. The van der Waals surface area contributed by atoms with E-state index in [2.05, 4.69) is 20.2 Å². The van der Waals surface area contributed by atoms with Crippen LogP contribution in [-0.4, -0.2) is 24.6 Å². The quantitative estimate of drug-likeness (QED) is 0.702. The van der Waals surface area contributed by atoms with Crippen molar-refractivity contribution in [3.05, 3.63) is 22.8 Å². The number of nitrogen functional groups attached to an aromatic ring is 1. The number of aryl methyl sites for hydroxylation is 2. The molecule has 0 unspecified atom stereocenters. The van der Waals surface area contributed by atoms with Crippen LogP contribution in [-0.2, 0) is 0 Å². The van der Waals surface area contributed by atoms with Crippen molar-refractivity contribution in [2.24, 2.45) is 0 Å². The molecule has 7 heteroatoms. The summed E-state index contributed by atoms with van der Waals surface area (Å²) < 4.78 is 1.88. The third-order valence-corrected chi connectivity index (χ3v) is 3.12. The molecule has 0 radical (unpaired) electrons. The lowest BCUT2D eigenvalue weighted by atomic mass is 10.3. The third kappa shape index (κ3) is 1.55. The van der Waals surface area contributed by atoms with E-state index in [4.69, 9.17) is 5.73 Å². The first-order valence-electron chi connectivity index (χ1n) is 5.06. The van der Waals surface area contributed by atoms with Crippen molar-refractivity contribution in [2.75, 3.05) is 5.73 Å². The molecule has 3 rings (SSSR count). The van der Waals surface area contributed by atoms with Crippen molar-refractivity contribution in [3.8, 4) is 11.5 Å². The lowest BCUT2D eigenvalue weighted by molar-refractivity contribution is 1.01. The highest BCUT2D eigenvalue weighted by Crippen LogP contribution is 2.22. The van der Waals surface area contributed by atoms with Gasteiger partial charge >= 0.3 is 0 Å². The minimum absolute atomic E-state index is 0.523. The van der Waals surface area contributed by atoms with E-state index in [0.717, 1.165) is 17.1 Å². The van der Waals surface area contributed by atoms with Gasteiger partial charge in [0.25, 0.3) is 5.78 Å². The van der Waals surface area contributed by atoms with Crippen LogP contribution in [0, 0.1) is 13.8 Å². The molecule has 0 aliphatic heterocycles. The summed E-state index contributed by atoms with van der Waals surface area (Å²) in [7, 11) is 0. The summed E-state index contributed by atoms with van der Waals surface area (Å²) in [5.41, 5.74) is 8.31. The number of nitrogens with two attached hydrogens (primary N) is 1. The first-order valence-corrected chi connectivity index (χ1v) is 5.94. The summed E-state index contributed by atoms with van der Waals surface area (Å²) in [5, 5.41) is 10.6. The van der Waals surface area contributed by atoms with Crippen molar-refractivity contribution in [3.63, 3.8) is 0 Å². The summed E-state index contributed by atoms with van der Waals surface area (Å²) in [6.07, 6.45) is 0. The predicted molar refractivity (Wildman–Crippen MR) is 65.8 cm³/mol. The summed E-state index contributed by atoms with van der Waals surface area (Å²) >= 11 is 1.39. The molecule has 0 amide bonds. The molecule has 6 nitrogen and oxygen atoms in total. The lowest BCUT2D eigenvalue weighted by Crippen LogP contribution is -1.98. The molecule has 0 aromatic carbocycles. The number of thiazole rings is 1. The Morgan fingerprint density at radius 1 is 1.24 bits per heavy atom. The monoisotopic (exact) mass is 246 g/mol. The second-order valence-corrected chi connectivity index (χ2v) is 4.66. The smallest absolute Gasteiger partial charge is 0.255 e. The van der Waals surface area contributed by atoms with Gasteiger partial charge in [-0.15, -0.1) is 21.5 Å². The van der Waals surface area contributed by atoms with Crippen LogP contribution in [0.1, 0.15) is 11.4 Å². The maximum atomic E-state index is 5.63. The molecular weight excluding hydrogens is 236 g/mol. The molecule has 3 heterocycles. The zero-order valence-electron chi connectivity index (χ0n) is 9.38. The van der Waals surface area contributed by atoms with Gasteiger partial charge in [-0.3, -0.25) is 4.40 Å². The molecule has 0 atom stereocenters. The summed E-state index contributed by atoms with van der Waals surface area (Å²) in [6.45, 7) is 3.92. The second kappa shape index (κ2) is 3.49. The third-order valence-electron chi connectivity index (χ3n) is 2.44. The molecule has 0 fully saturated rings. The highest BCUT2D eigenvalue weighted by atomic mass is 32.1. The second-order valence-electron chi connectivity index (χ2n) is 3.77. The summed E-state index contributed by atoms with van der Waals surface area (Å²) in [6, 6.07) is 1.98. The van der Waals surface area contributed by atoms with Crippen molar-refractivity contribution in [1.29, 1.82) is 0 Å². The van der Waals surface area contributed by atoms with Crippen LogP contribution in [0.5, 0.6) is 0 Å². The van der Waals surface area contributed by atoms with E-state index in [9.17, 15) is 0 Å². The summed E-state index contributed by atoms with van der Waals surface area (Å²) in [4.78, 5) is 8.54. The Balaban J connectivity index is 2.31. The SMILES string of the molecule is Cc1cc(C)n2c(-c3csc(N)n3)nnc2n1. The van der Waals surface area contributed by atoms with E-state index in [1.165, 1.54) is 11.3 Å². The summed E-state index contributed by atoms with van der Waals surface area (Å²) in [5.74, 6) is 1.27. The Morgan fingerprint density at radius 3 is 2.76 bits per heavy atom. The van der Waals surface area contributed by atoms with E-state index >= 15 is 0 Å². The largest absolute Gasteiger partial charge is 0.375 e. The fourth-order valence-electron chi connectivity index (χ4n) is 1.79. The number of aromatic nitrogens is 5. The Bertz CT molecular complexity index is 698. The van der Waals surface area contributed by atoms with Gasteiger partial charge in [0, 0.05) is 16.8 Å². The van der Waals surface area contributed by atoms with Crippen molar-refractivity contribution < 1.29 is 0 Å². The minimum Gasteiger partial charge on any atom is -0.375 e. The molecule has 0 saturated heterocycles. The Labute approximate surface area is 101 Å². The molecule has 86 valence electrons. The van der Waals surface area contributed by atoms with E-state index in [-0.39, 0.29) is 0 Å². The van der Waals surface area contributed by atoms with Crippen LogP contribution in [0.4, 0.5) is 5.13 Å². The van der Waals surface area contributed by atoms with Crippen molar-refractivity contribution in [2.45, 2.75) is 13.8 Å². The van der Waals surface area contributed by atoms with Gasteiger partial charge < -0.3 is 5.73 Å². The molecule has 0 bridgehead atoms. The van der Waals surface area contributed by atoms with E-state index in [1.807, 2.05) is 29.7 Å². The van der Waals surface area contributed by atoms with Crippen molar-refractivity contribution in [1.82, 2.24) is 24.6 Å². The number of anilines is 1. The van der Waals surface area contributed by atoms with Gasteiger partial charge in [0.1, 0.15) is 5.69 Å².